The first kappa shape index (κ1) is 13.6. The Morgan fingerprint density at radius 3 is 2.42 bits per heavy atom. The molecule has 2 amide bonds. The van der Waals surface area contributed by atoms with Crippen LogP contribution in [0, 0.1) is 0 Å². The SMILES string of the molecule is CN(Cc1ccccc1Br)C(=O)Nc1ccccc1. The van der Waals surface area contributed by atoms with E-state index < -0.39 is 0 Å². The quantitative estimate of drug-likeness (QED) is 0.907. The summed E-state index contributed by atoms with van der Waals surface area (Å²) in [5.74, 6) is 0. The van der Waals surface area contributed by atoms with Crippen molar-refractivity contribution in [2.45, 2.75) is 6.54 Å². The molecule has 98 valence electrons. The molecule has 0 saturated carbocycles. The van der Waals surface area contributed by atoms with Crippen molar-refractivity contribution in [3.05, 3.63) is 64.6 Å². The summed E-state index contributed by atoms with van der Waals surface area (Å²) in [6.45, 7) is 0.556. The highest BCUT2D eigenvalue weighted by Gasteiger charge is 2.10. The zero-order chi connectivity index (χ0) is 13.7. The Hall–Kier alpha value is -1.81. The molecule has 0 bridgehead atoms. The number of rotatable bonds is 3. The van der Waals surface area contributed by atoms with Crippen molar-refractivity contribution in [1.82, 2.24) is 4.90 Å². The van der Waals surface area contributed by atoms with Crippen LogP contribution in [-0.4, -0.2) is 18.0 Å². The number of nitrogens with zero attached hydrogens (tertiary/aromatic N) is 1. The van der Waals surface area contributed by atoms with E-state index in [0.29, 0.717) is 6.54 Å². The van der Waals surface area contributed by atoms with Crippen LogP contribution >= 0.6 is 15.9 Å². The molecule has 0 aliphatic carbocycles. The van der Waals surface area contributed by atoms with Crippen molar-refractivity contribution in [2.75, 3.05) is 12.4 Å². The molecule has 4 heteroatoms. The molecule has 0 unspecified atom stereocenters. The Kier molecular flexibility index (Phi) is 4.58. The van der Waals surface area contributed by atoms with Crippen molar-refractivity contribution in [3.63, 3.8) is 0 Å². The van der Waals surface area contributed by atoms with Gasteiger partial charge in [-0.1, -0.05) is 52.3 Å². The number of halogens is 1. The third-order valence-electron chi connectivity index (χ3n) is 2.74. The minimum Gasteiger partial charge on any atom is -0.323 e. The standard InChI is InChI=1S/C15H15BrN2O/c1-18(11-12-7-5-6-10-14(12)16)15(19)17-13-8-3-2-4-9-13/h2-10H,11H2,1H3,(H,17,19). The number of urea groups is 1. The van der Waals surface area contributed by atoms with Crippen molar-refractivity contribution >= 4 is 27.6 Å². The van der Waals surface area contributed by atoms with E-state index in [1.165, 1.54) is 0 Å². The first-order valence-electron chi connectivity index (χ1n) is 5.97. The van der Waals surface area contributed by atoms with Gasteiger partial charge in [0, 0.05) is 23.8 Å². The van der Waals surface area contributed by atoms with Gasteiger partial charge in [0.05, 0.1) is 0 Å². The highest BCUT2D eigenvalue weighted by molar-refractivity contribution is 9.10. The van der Waals surface area contributed by atoms with E-state index in [1.807, 2.05) is 54.6 Å². The van der Waals surface area contributed by atoms with Crippen LogP contribution in [0.1, 0.15) is 5.56 Å². The van der Waals surface area contributed by atoms with Gasteiger partial charge in [0.2, 0.25) is 0 Å². The molecule has 2 aromatic rings. The van der Waals surface area contributed by atoms with Gasteiger partial charge in [-0.25, -0.2) is 4.79 Å². The number of para-hydroxylation sites is 1. The summed E-state index contributed by atoms with van der Waals surface area (Å²) in [5, 5.41) is 2.85. The van der Waals surface area contributed by atoms with Gasteiger partial charge in [-0.05, 0) is 23.8 Å². The van der Waals surface area contributed by atoms with Crippen LogP contribution in [0.5, 0.6) is 0 Å². The third kappa shape index (κ3) is 3.83. The molecule has 0 fully saturated rings. The molecule has 1 N–H and O–H groups in total. The molecule has 0 heterocycles. The molecular weight excluding hydrogens is 304 g/mol. The van der Waals surface area contributed by atoms with E-state index >= 15 is 0 Å². The second kappa shape index (κ2) is 6.38. The molecule has 19 heavy (non-hydrogen) atoms. The zero-order valence-corrected chi connectivity index (χ0v) is 12.2. The molecule has 2 aromatic carbocycles. The van der Waals surface area contributed by atoms with Crippen molar-refractivity contribution < 1.29 is 4.79 Å². The highest BCUT2D eigenvalue weighted by atomic mass is 79.9. The third-order valence-corrected chi connectivity index (χ3v) is 3.51. The fourth-order valence-electron chi connectivity index (χ4n) is 1.69. The molecule has 3 nitrogen and oxygen atoms in total. The minimum absolute atomic E-state index is 0.123. The van der Waals surface area contributed by atoms with Gasteiger partial charge in [0.25, 0.3) is 0 Å². The lowest BCUT2D eigenvalue weighted by atomic mass is 10.2. The van der Waals surface area contributed by atoms with Crippen molar-refractivity contribution in [2.24, 2.45) is 0 Å². The summed E-state index contributed by atoms with van der Waals surface area (Å²) in [5.41, 5.74) is 1.87. The fraction of sp³-hybridized carbons (Fsp3) is 0.133. The summed E-state index contributed by atoms with van der Waals surface area (Å²) in [6, 6.07) is 17.2. The summed E-state index contributed by atoms with van der Waals surface area (Å²) in [4.78, 5) is 13.7. The number of benzene rings is 2. The van der Waals surface area contributed by atoms with Gasteiger partial charge in [-0.15, -0.1) is 0 Å². The van der Waals surface area contributed by atoms with E-state index in [0.717, 1.165) is 15.7 Å². The van der Waals surface area contributed by atoms with Crippen LogP contribution in [0.3, 0.4) is 0 Å². The average Bonchev–Trinajstić information content (AvgIpc) is 2.42. The number of carbonyl (C=O) groups is 1. The lowest BCUT2D eigenvalue weighted by Gasteiger charge is -2.18. The van der Waals surface area contributed by atoms with E-state index in [-0.39, 0.29) is 6.03 Å². The fourth-order valence-corrected chi connectivity index (χ4v) is 2.10. The maximum absolute atomic E-state index is 12.0. The molecule has 0 aliphatic rings. The lowest BCUT2D eigenvalue weighted by Crippen LogP contribution is -2.30. The number of carbonyl (C=O) groups excluding carboxylic acids is 1. The second-order valence-electron chi connectivity index (χ2n) is 4.24. The van der Waals surface area contributed by atoms with Crippen molar-refractivity contribution in [3.8, 4) is 0 Å². The Morgan fingerprint density at radius 1 is 1.11 bits per heavy atom. The predicted octanol–water partition coefficient (Wildman–Crippen LogP) is 4.11. The molecule has 0 aromatic heterocycles. The highest BCUT2D eigenvalue weighted by Crippen LogP contribution is 2.17. The average molecular weight is 319 g/mol. The summed E-state index contributed by atoms with van der Waals surface area (Å²) in [7, 11) is 1.78. The summed E-state index contributed by atoms with van der Waals surface area (Å²) in [6.07, 6.45) is 0. The maximum Gasteiger partial charge on any atom is 0.321 e. The smallest absolute Gasteiger partial charge is 0.321 e. The molecule has 0 radical (unpaired) electrons. The summed E-state index contributed by atoms with van der Waals surface area (Å²) >= 11 is 3.48. The molecule has 2 rings (SSSR count). The Labute approximate surface area is 121 Å². The molecule has 0 spiro atoms. The van der Waals surface area contributed by atoms with Crippen LogP contribution in [0.15, 0.2) is 59.1 Å². The van der Waals surface area contributed by atoms with Crippen LogP contribution < -0.4 is 5.32 Å². The zero-order valence-electron chi connectivity index (χ0n) is 10.6. The van der Waals surface area contributed by atoms with Crippen LogP contribution in [0.4, 0.5) is 10.5 Å². The first-order valence-corrected chi connectivity index (χ1v) is 6.76. The van der Waals surface area contributed by atoms with Crippen LogP contribution in [0.25, 0.3) is 0 Å². The molecule has 0 aliphatic heterocycles. The predicted molar refractivity (Wildman–Crippen MR) is 81.1 cm³/mol. The first-order chi connectivity index (χ1) is 9.16. The van der Waals surface area contributed by atoms with E-state index in [9.17, 15) is 4.79 Å². The van der Waals surface area contributed by atoms with Crippen LogP contribution in [0.2, 0.25) is 0 Å². The molecule has 0 saturated heterocycles. The Balaban J connectivity index is 1.98. The molecule has 0 atom stereocenters. The Morgan fingerprint density at radius 2 is 1.74 bits per heavy atom. The number of nitrogens with one attached hydrogen (secondary N) is 1. The number of amides is 2. The Bertz CT molecular complexity index is 557. The number of anilines is 1. The largest absolute Gasteiger partial charge is 0.323 e. The summed E-state index contributed by atoms with van der Waals surface area (Å²) < 4.78 is 1.01. The minimum atomic E-state index is -0.123. The van der Waals surface area contributed by atoms with E-state index in [4.69, 9.17) is 0 Å². The lowest BCUT2D eigenvalue weighted by molar-refractivity contribution is 0.220. The van der Waals surface area contributed by atoms with Gasteiger partial charge in [0.15, 0.2) is 0 Å². The van der Waals surface area contributed by atoms with Gasteiger partial charge in [-0.2, -0.15) is 0 Å². The normalized spacial score (nSPS) is 10.0. The number of hydrogen-bond donors (Lipinski definition) is 1. The van der Waals surface area contributed by atoms with Gasteiger partial charge >= 0.3 is 6.03 Å². The topological polar surface area (TPSA) is 32.3 Å². The van der Waals surface area contributed by atoms with Crippen molar-refractivity contribution in [1.29, 1.82) is 0 Å². The van der Waals surface area contributed by atoms with Gasteiger partial charge < -0.3 is 10.2 Å². The van der Waals surface area contributed by atoms with E-state index in [1.54, 1.807) is 11.9 Å². The van der Waals surface area contributed by atoms with Crippen LogP contribution in [-0.2, 0) is 6.54 Å². The monoisotopic (exact) mass is 318 g/mol. The van der Waals surface area contributed by atoms with Gasteiger partial charge in [0.1, 0.15) is 0 Å². The second-order valence-corrected chi connectivity index (χ2v) is 5.10. The number of hydrogen-bond acceptors (Lipinski definition) is 1. The van der Waals surface area contributed by atoms with Gasteiger partial charge in [-0.3, -0.25) is 0 Å². The maximum atomic E-state index is 12.0. The molecular formula is C15H15BrN2O. The van der Waals surface area contributed by atoms with E-state index in [2.05, 4.69) is 21.2 Å².